The van der Waals surface area contributed by atoms with E-state index in [4.69, 9.17) is 10.5 Å². The predicted octanol–water partition coefficient (Wildman–Crippen LogP) is 1.52. The molecule has 5 heteroatoms. The second kappa shape index (κ2) is 5.82. The Kier molecular flexibility index (Phi) is 4.15. The molecule has 4 nitrogen and oxygen atoms in total. The van der Waals surface area contributed by atoms with Crippen molar-refractivity contribution in [1.29, 1.82) is 0 Å². The zero-order valence-electron chi connectivity index (χ0n) is 10.1. The fraction of sp³-hybridized carbons (Fsp3) is 0.462. The van der Waals surface area contributed by atoms with Gasteiger partial charge < -0.3 is 15.8 Å². The van der Waals surface area contributed by atoms with Crippen LogP contribution >= 0.6 is 0 Å². The van der Waals surface area contributed by atoms with Crippen molar-refractivity contribution in [2.24, 2.45) is 11.7 Å². The van der Waals surface area contributed by atoms with Crippen LogP contribution in [0.2, 0.25) is 0 Å². The van der Waals surface area contributed by atoms with Gasteiger partial charge in [-0.05, 0) is 37.0 Å². The largest absolute Gasteiger partial charge is 0.381 e. The Labute approximate surface area is 105 Å². The van der Waals surface area contributed by atoms with Gasteiger partial charge in [-0.25, -0.2) is 4.39 Å². The van der Waals surface area contributed by atoms with E-state index in [2.05, 4.69) is 5.32 Å². The first kappa shape index (κ1) is 12.8. The molecule has 0 aromatic heterocycles. The van der Waals surface area contributed by atoms with Crippen LogP contribution in [0.15, 0.2) is 24.3 Å². The lowest BCUT2D eigenvalue weighted by Crippen LogP contribution is -2.43. The summed E-state index contributed by atoms with van der Waals surface area (Å²) in [6.07, 6.45) is 1.58. The van der Waals surface area contributed by atoms with Crippen LogP contribution in [0.25, 0.3) is 0 Å². The molecule has 0 bridgehead atoms. The number of nitrogens with two attached hydrogens (primary N) is 1. The number of amides is 1. The Balaban J connectivity index is 2.08. The van der Waals surface area contributed by atoms with Crippen LogP contribution in [0.1, 0.15) is 12.8 Å². The lowest BCUT2D eigenvalue weighted by molar-refractivity contribution is -0.120. The number of ether oxygens (including phenoxy) is 1. The SMILES string of the molecule is NC(=O)C(Nc1cccc(F)c1)C1CCOCC1. The van der Waals surface area contributed by atoms with Crippen LogP contribution in [-0.4, -0.2) is 25.2 Å². The van der Waals surface area contributed by atoms with Crippen molar-refractivity contribution in [1.82, 2.24) is 0 Å². The Bertz CT molecular complexity index is 419. The summed E-state index contributed by atoms with van der Waals surface area (Å²) in [5.41, 5.74) is 5.99. The molecule has 0 aliphatic carbocycles. The molecule has 1 amide bonds. The summed E-state index contributed by atoms with van der Waals surface area (Å²) in [6.45, 7) is 1.28. The molecule has 1 aromatic carbocycles. The zero-order chi connectivity index (χ0) is 13.0. The zero-order valence-corrected chi connectivity index (χ0v) is 10.1. The van der Waals surface area contributed by atoms with Crippen LogP contribution in [0.3, 0.4) is 0 Å². The summed E-state index contributed by atoms with van der Waals surface area (Å²) >= 11 is 0. The van der Waals surface area contributed by atoms with Gasteiger partial charge in [0.05, 0.1) is 0 Å². The molecule has 2 rings (SSSR count). The molecule has 0 radical (unpaired) electrons. The fourth-order valence-electron chi connectivity index (χ4n) is 2.23. The average Bonchev–Trinajstić information content (AvgIpc) is 2.37. The summed E-state index contributed by atoms with van der Waals surface area (Å²) in [5.74, 6) is -0.610. The van der Waals surface area contributed by atoms with E-state index >= 15 is 0 Å². The third-order valence-corrected chi connectivity index (χ3v) is 3.19. The molecule has 1 heterocycles. The van der Waals surface area contributed by atoms with E-state index in [9.17, 15) is 9.18 Å². The van der Waals surface area contributed by atoms with E-state index in [1.54, 1.807) is 12.1 Å². The van der Waals surface area contributed by atoms with Gasteiger partial charge in [-0.3, -0.25) is 4.79 Å². The summed E-state index contributed by atoms with van der Waals surface area (Å²) in [7, 11) is 0. The van der Waals surface area contributed by atoms with Crippen molar-refractivity contribution in [3.8, 4) is 0 Å². The minimum atomic E-state index is -0.476. The van der Waals surface area contributed by atoms with E-state index in [0.717, 1.165) is 12.8 Å². The second-order valence-electron chi connectivity index (χ2n) is 4.48. The van der Waals surface area contributed by atoms with Crippen LogP contribution < -0.4 is 11.1 Å². The molecule has 1 unspecified atom stereocenters. The molecule has 3 N–H and O–H groups in total. The highest BCUT2D eigenvalue weighted by Gasteiger charge is 2.28. The highest BCUT2D eigenvalue weighted by Crippen LogP contribution is 2.22. The first-order valence-electron chi connectivity index (χ1n) is 6.06. The molecule has 1 saturated heterocycles. The Hall–Kier alpha value is -1.62. The van der Waals surface area contributed by atoms with Gasteiger partial charge in [0.2, 0.25) is 5.91 Å². The van der Waals surface area contributed by atoms with Gasteiger partial charge in [0, 0.05) is 18.9 Å². The summed E-state index contributed by atoms with van der Waals surface area (Å²) < 4.78 is 18.3. The fourth-order valence-corrected chi connectivity index (χ4v) is 2.23. The number of halogens is 1. The van der Waals surface area contributed by atoms with E-state index < -0.39 is 11.9 Å². The van der Waals surface area contributed by atoms with E-state index in [0.29, 0.717) is 18.9 Å². The van der Waals surface area contributed by atoms with Gasteiger partial charge in [0.25, 0.3) is 0 Å². The number of carbonyl (C=O) groups excluding carboxylic acids is 1. The summed E-state index contributed by atoms with van der Waals surface area (Å²) in [5, 5.41) is 3.02. The molecule has 18 heavy (non-hydrogen) atoms. The first-order valence-corrected chi connectivity index (χ1v) is 6.06. The van der Waals surface area contributed by atoms with Crippen molar-refractivity contribution in [3.05, 3.63) is 30.1 Å². The molecule has 1 fully saturated rings. The van der Waals surface area contributed by atoms with Crippen molar-refractivity contribution >= 4 is 11.6 Å². The Morgan fingerprint density at radius 1 is 1.44 bits per heavy atom. The topological polar surface area (TPSA) is 64.4 Å². The number of nitrogens with one attached hydrogen (secondary N) is 1. The molecule has 1 atom stereocenters. The number of hydrogen-bond donors (Lipinski definition) is 2. The average molecular weight is 252 g/mol. The monoisotopic (exact) mass is 252 g/mol. The Morgan fingerprint density at radius 2 is 2.17 bits per heavy atom. The second-order valence-corrected chi connectivity index (χ2v) is 4.48. The van der Waals surface area contributed by atoms with Crippen molar-refractivity contribution in [2.75, 3.05) is 18.5 Å². The molecule has 98 valence electrons. The van der Waals surface area contributed by atoms with Gasteiger partial charge >= 0.3 is 0 Å². The molecular weight excluding hydrogens is 235 g/mol. The highest BCUT2D eigenvalue weighted by atomic mass is 19.1. The van der Waals surface area contributed by atoms with Crippen LogP contribution in [0, 0.1) is 11.7 Å². The molecule has 1 aliphatic rings. The van der Waals surface area contributed by atoms with Gasteiger partial charge in [0.15, 0.2) is 0 Å². The number of anilines is 1. The standard InChI is InChI=1S/C13H17FN2O2/c14-10-2-1-3-11(8-10)16-12(13(15)17)9-4-6-18-7-5-9/h1-3,8-9,12,16H,4-7H2,(H2,15,17). The smallest absolute Gasteiger partial charge is 0.240 e. The normalized spacial score (nSPS) is 18.3. The summed E-state index contributed by atoms with van der Waals surface area (Å²) in [6, 6.07) is 5.56. The van der Waals surface area contributed by atoms with Crippen molar-refractivity contribution in [3.63, 3.8) is 0 Å². The van der Waals surface area contributed by atoms with Crippen molar-refractivity contribution in [2.45, 2.75) is 18.9 Å². The molecule has 0 spiro atoms. The van der Waals surface area contributed by atoms with E-state index in [-0.39, 0.29) is 11.7 Å². The Morgan fingerprint density at radius 3 is 2.78 bits per heavy atom. The van der Waals surface area contributed by atoms with Crippen LogP contribution in [0.5, 0.6) is 0 Å². The maximum Gasteiger partial charge on any atom is 0.240 e. The van der Waals surface area contributed by atoms with Gasteiger partial charge in [-0.15, -0.1) is 0 Å². The number of carbonyl (C=O) groups is 1. The molecule has 1 aromatic rings. The molecule has 1 aliphatic heterocycles. The maximum absolute atomic E-state index is 13.1. The number of primary amides is 1. The third kappa shape index (κ3) is 3.20. The van der Waals surface area contributed by atoms with E-state index in [1.807, 2.05) is 0 Å². The quantitative estimate of drug-likeness (QED) is 0.854. The van der Waals surface area contributed by atoms with E-state index in [1.165, 1.54) is 12.1 Å². The van der Waals surface area contributed by atoms with Crippen LogP contribution in [0.4, 0.5) is 10.1 Å². The van der Waals surface area contributed by atoms with Gasteiger partial charge in [0.1, 0.15) is 11.9 Å². The van der Waals surface area contributed by atoms with Gasteiger partial charge in [-0.2, -0.15) is 0 Å². The highest BCUT2D eigenvalue weighted by molar-refractivity contribution is 5.83. The molecular formula is C13H17FN2O2. The minimum absolute atomic E-state index is 0.138. The minimum Gasteiger partial charge on any atom is -0.381 e. The third-order valence-electron chi connectivity index (χ3n) is 3.19. The van der Waals surface area contributed by atoms with Gasteiger partial charge in [-0.1, -0.05) is 6.07 Å². The lowest BCUT2D eigenvalue weighted by atomic mass is 9.91. The van der Waals surface area contributed by atoms with Crippen LogP contribution in [-0.2, 0) is 9.53 Å². The molecule has 0 saturated carbocycles. The number of hydrogen-bond acceptors (Lipinski definition) is 3. The predicted molar refractivity (Wildman–Crippen MR) is 66.5 cm³/mol. The van der Waals surface area contributed by atoms with Crippen molar-refractivity contribution < 1.29 is 13.9 Å². The number of benzene rings is 1. The maximum atomic E-state index is 13.1. The first-order chi connectivity index (χ1) is 8.66. The number of rotatable bonds is 4. The lowest BCUT2D eigenvalue weighted by Gasteiger charge is -2.29. The summed E-state index contributed by atoms with van der Waals surface area (Å²) in [4.78, 5) is 11.5.